The summed E-state index contributed by atoms with van der Waals surface area (Å²) < 4.78 is 0.542. The Hall–Kier alpha value is -4.50. The smallest absolute Gasteiger partial charge is 0.352 e. The predicted molar refractivity (Wildman–Crippen MR) is 104 cm³/mol. The largest absolute Gasteiger partial charge is 0.492 e. The quantitative estimate of drug-likeness (QED) is 0.348. The van der Waals surface area contributed by atoms with Gasteiger partial charge in [0.1, 0.15) is 6.54 Å². The van der Waals surface area contributed by atoms with Gasteiger partial charge in [-0.2, -0.15) is 0 Å². The predicted octanol–water partition coefficient (Wildman–Crippen LogP) is 2.53. The second-order valence-electron chi connectivity index (χ2n) is 6.03. The van der Waals surface area contributed by atoms with Crippen LogP contribution in [0.2, 0.25) is 0 Å². The van der Waals surface area contributed by atoms with E-state index in [0.717, 1.165) is 12.1 Å². The number of benzene rings is 1. The van der Waals surface area contributed by atoms with Crippen molar-refractivity contribution in [3.63, 3.8) is 0 Å². The van der Waals surface area contributed by atoms with E-state index >= 15 is 0 Å². The standard InChI is InChI=1S/C19H16N6O5/c20-23-22-14-6-4-13(5-7-14)19(29)24(11-15-3-1-2-10-21-15)12-18(28)30-25-16(26)8-9-17(25)27/h1-10,26-27H,11-12H2. The van der Waals surface area contributed by atoms with E-state index in [1.807, 2.05) is 0 Å². The molecule has 1 amide bonds. The van der Waals surface area contributed by atoms with Crippen LogP contribution in [-0.2, 0) is 11.3 Å². The molecule has 2 N–H and O–H groups in total. The number of azide groups is 1. The van der Waals surface area contributed by atoms with Crippen molar-refractivity contribution < 1.29 is 24.6 Å². The number of pyridine rings is 1. The Kier molecular flexibility index (Phi) is 6.16. The van der Waals surface area contributed by atoms with Crippen LogP contribution >= 0.6 is 0 Å². The third-order valence-electron chi connectivity index (χ3n) is 3.95. The molecule has 0 saturated carbocycles. The number of carbonyl (C=O) groups excluding carboxylic acids is 2. The number of hydrogen-bond donors (Lipinski definition) is 2. The highest BCUT2D eigenvalue weighted by atomic mass is 16.7. The van der Waals surface area contributed by atoms with Gasteiger partial charge in [-0.1, -0.05) is 23.3 Å². The molecule has 2 heterocycles. The summed E-state index contributed by atoms with van der Waals surface area (Å²) in [4.78, 5) is 38.3. The molecule has 0 bridgehead atoms. The highest BCUT2D eigenvalue weighted by Crippen LogP contribution is 2.19. The molecule has 1 aromatic carbocycles. The third kappa shape index (κ3) is 4.86. The van der Waals surface area contributed by atoms with Gasteiger partial charge in [-0.15, -0.1) is 4.73 Å². The zero-order chi connectivity index (χ0) is 21.5. The van der Waals surface area contributed by atoms with E-state index in [0.29, 0.717) is 16.1 Å². The van der Waals surface area contributed by atoms with Crippen molar-refractivity contribution in [1.82, 2.24) is 14.6 Å². The number of aromatic nitrogens is 2. The molecule has 11 nitrogen and oxygen atoms in total. The minimum Gasteiger partial charge on any atom is -0.492 e. The van der Waals surface area contributed by atoms with Gasteiger partial charge in [0.15, 0.2) is 0 Å². The maximum Gasteiger partial charge on any atom is 0.352 e. The first-order chi connectivity index (χ1) is 14.5. The van der Waals surface area contributed by atoms with Crippen molar-refractivity contribution in [2.24, 2.45) is 5.11 Å². The lowest BCUT2D eigenvalue weighted by atomic mass is 10.1. The van der Waals surface area contributed by atoms with Gasteiger partial charge in [-0.3, -0.25) is 9.78 Å². The Morgan fingerprint density at radius 2 is 1.80 bits per heavy atom. The first-order valence-electron chi connectivity index (χ1n) is 8.63. The molecular formula is C19H16N6O5. The fourth-order valence-electron chi connectivity index (χ4n) is 2.57. The van der Waals surface area contributed by atoms with Crippen LogP contribution in [0.15, 0.2) is 65.9 Å². The number of hydrogen-bond acceptors (Lipinski definition) is 7. The first-order valence-corrected chi connectivity index (χ1v) is 8.63. The topological polar surface area (TPSA) is 154 Å². The fourth-order valence-corrected chi connectivity index (χ4v) is 2.57. The molecule has 152 valence electrons. The molecule has 3 aromatic rings. The summed E-state index contributed by atoms with van der Waals surface area (Å²) in [6.07, 6.45) is 1.56. The highest BCUT2D eigenvalue weighted by molar-refractivity contribution is 5.96. The lowest BCUT2D eigenvalue weighted by molar-refractivity contribution is -0.146. The Balaban J connectivity index is 1.81. The molecule has 0 aliphatic heterocycles. The molecule has 0 radical (unpaired) electrons. The van der Waals surface area contributed by atoms with Gasteiger partial charge in [-0.25, -0.2) is 4.79 Å². The molecule has 0 atom stereocenters. The molecule has 11 heteroatoms. The van der Waals surface area contributed by atoms with E-state index in [-0.39, 0.29) is 12.1 Å². The van der Waals surface area contributed by atoms with E-state index in [9.17, 15) is 19.8 Å². The molecular weight excluding hydrogens is 392 g/mol. The Morgan fingerprint density at radius 3 is 2.40 bits per heavy atom. The second kappa shape index (κ2) is 9.13. The van der Waals surface area contributed by atoms with Crippen LogP contribution < -0.4 is 4.84 Å². The number of rotatable bonds is 7. The molecule has 0 aliphatic carbocycles. The lowest BCUT2D eigenvalue weighted by Gasteiger charge is -2.21. The monoisotopic (exact) mass is 408 g/mol. The molecule has 0 unspecified atom stereocenters. The van der Waals surface area contributed by atoms with Crippen LogP contribution in [0.4, 0.5) is 5.69 Å². The molecule has 2 aromatic heterocycles. The Morgan fingerprint density at radius 1 is 1.10 bits per heavy atom. The minimum atomic E-state index is -0.896. The summed E-state index contributed by atoms with van der Waals surface area (Å²) in [5.41, 5.74) is 9.61. The van der Waals surface area contributed by atoms with Crippen LogP contribution in [0, 0.1) is 0 Å². The van der Waals surface area contributed by atoms with E-state index in [4.69, 9.17) is 10.4 Å². The van der Waals surface area contributed by atoms with Gasteiger partial charge in [0, 0.05) is 34.5 Å². The van der Waals surface area contributed by atoms with Gasteiger partial charge < -0.3 is 20.0 Å². The Labute approximate surface area is 170 Å². The van der Waals surface area contributed by atoms with E-state index in [2.05, 4.69) is 15.0 Å². The van der Waals surface area contributed by atoms with Crippen LogP contribution in [0.5, 0.6) is 11.8 Å². The third-order valence-corrected chi connectivity index (χ3v) is 3.95. The van der Waals surface area contributed by atoms with Gasteiger partial charge in [0.05, 0.1) is 12.2 Å². The Bertz CT molecular complexity index is 1070. The highest BCUT2D eigenvalue weighted by Gasteiger charge is 2.22. The molecule has 0 spiro atoms. The maximum absolute atomic E-state index is 13.0. The number of amides is 1. The van der Waals surface area contributed by atoms with Crippen molar-refractivity contribution >= 4 is 17.6 Å². The number of aromatic hydroxyl groups is 2. The molecule has 0 aliphatic rings. The fraction of sp³-hybridized carbons (Fsp3) is 0.105. The van der Waals surface area contributed by atoms with E-state index < -0.39 is 30.2 Å². The average molecular weight is 408 g/mol. The summed E-state index contributed by atoms with van der Waals surface area (Å²) in [7, 11) is 0. The van der Waals surface area contributed by atoms with E-state index in [1.54, 1.807) is 24.4 Å². The van der Waals surface area contributed by atoms with Gasteiger partial charge in [0.25, 0.3) is 5.91 Å². The SMILES string of the molecule is [N-]=[N+]=Nc1ccc(C(=O)N(CC(=O)On2c(O)ccc2O)Cc2ccccn2)cc1. The maximum atomic E-state index is 13.0. The van der Waals surface area contributed by atoms with Crippen molar-refractivity contribution in [2.75, 3.05) is 6.54 Å². The van der Waals surface area contributed by atoms with Crippen LogP contribution in [0.3, 0.4) is 0 Å². The summed E-state index contributed by atoms with van der Waals surface area (Å²) in [5.74, 6) is -2.34. The van der Waals surface area contributed by atoms with Crippen molar-refractivity contribution in [3.8, 4) is 11.8 Å². The minimum absolute atomic E-state index is 0.0104. The van der Waals surface area contributed by atoms with E-state index in [1.165, 1.54) is 29.2 Å². The zero-order valence-electron chi connectivity index (χ0n) is 15.5. The van der Waals surface area contributed by atoms with Crippen LogP contribution in [0.1, 0.15) is 16.1 Å². The molecule has 30 heavy (non-hydrogen) atoms. The summed E-state index contributed by atoms with van der Waals surface area (Å²) in [6, 6.07) is 13.3. The average Bonchev–Trinajstić information content (AvgIpc) is 3.06. The lowest BCUT2D eigenvalue weighted by Crippen LogP contribution is -2.38. The summed E-state index contributed by atoms with van der Waals surface area (Å²) in [5, 5.41) is 22.7. The van der Waals surface area contributed by atoms with Crippen molar-refractivity contribution in [1.29, 1.82) is 0 Å². The van der Waals surface area contributed by atoms with Gasteiger partial charge in [-0.05, 0) is 29.8 Å². The zero-order valence-corrected chi connectivity index (χ0v) is 15.5. The van der Waals surface area contributed by atoms with Crippen molar-refractivity contribution in [3.05, 3.63) is 82.5 Å². The normalized spacial score (nSPS) is 10.1. The first kappa shape index (κ1) is 20.2. The second-order valence-corrected chi connectivity index (χ2v) is 6.03. The summed E-state index contributed by atoms with van der Waals surface area (Å²) in [6.45, 7) is -0.471. The van der Waals surface area contributed by atoms with Gasteiger partial charge >= 0.3 is 5.97 Å². The van der Waals surface area contributed by atoms with Gasteiger partial charge in [0.2, 0.25) is 11.8 Å². The molecule has 0 saturated heterocycles. The summed E-state index contributed by atoms with van der Waals surface area (Å²) >= 11 is 0. The van der Waals surface area contributed by atoms with Crippen molar-refractivity contribution in [2.45, 2.75) is 6.54 Å². The number of nitrogens with zero attached hydrogens (tertiary/aromatic N) is 6. The number of carbonyl (C=O) groups is 2. The van der Waals surface area contributed by atoms with Crippen LogP contribution in [0.25, 0.3) is 10.4 Å². The van der Waals surface area contributed by atoms with Crippen LogP contribution in [-0.4, -0.2) is 43.2 Å². The molecule has 3 rings (SSSR count). The molecule has 0 fully saturated rings.